The van der Waals surface area contributed by atoms with E-state index in [2.05, 4.69) is 20.7 Å². The Labute approximate surface area is 178 Å². The Morgan fingerprint density at radius 3 is 2.13 bits per heavy atom. The number of amides is 4. The molecule has 14 heteroatoms. The number of hydrogen-bond acceptors (Lipinski definition) is 8. The van der Waals surface area contributed by atoms with Gasteiger partial charge in [-0.1, -0.05) is 0 Å². The molecule has 0 saturated carbocycles. The molecule has 0 aliphatic heterocycles. The van der Waals surface area contributed by atoms with E-state index in [4.69, 9.17) is 14.9 Å². The van der Waals surface area contributed by atoms with Gasteiger partial charge in [-0.3, -0.25) is 14.4 Å². The summed E-state index contributed by atoms with van der Waals surface area (Å²) >= 11 is 0. The van der Waals surface area contributed by atoms with Crippen LogP contribution in [0.4, 0.5) is 9.59 Å². The molecule has 0 aromatic rings. The molecule has 0 saturated heterocycles. The minimum absolute atomic E-state index is 0.0752. The van der Waals surface area contributed by atoms with Crippen LogP contribution in [-0.2, 0) is 28.7 Å². The molecule has 0 aromatic heterocycles. The van der Waals surface area contributed by atoms with Gasteiger partial charge in [-0.25, -0.2) is 14.4 Å². The number of nitrogens with one attached hydrogen (secondary N) is 4. The summed E-state index contributed by atoms with van der Waals surface area (Å²) in [7, 11) is 1.22. The molecule has 6 N–H and O–H groups in total. The summed E-state index contributed by atoms with van der Waals surface area (Å²) in [6.07, 6.45) is -1.23. The van der Waals surface area contributed by atoms with E-state index in [9.17, 15) is 28.8 Å². The molecular formula is C17H28N4O10. The fraction of sp³-hybridized carbons (Fsp3) is 0.647. The van der Waals surface area contributed by atoms with Crippen molar-refractivity contribution in [2.24, 2.45) is 0 Å². The minimum Gasteiger partial charge on any atom is -0.481 e. The maximum absolute atomic E-state index is 12.3. The number of carboxylic acids is 2. The molecular weight excluding hydrogens is 420 g/mol. The third-order valence-corrected chi connectivity index (χ3v) is 3.69. The van der Waals surface area contributed by atoms with Crippen LogP contribution in [0.25, 0.3) is 0 Å². The first kappa shape index (κ1) is 27.4. The van der Waals surface area contributed by atoms with Crippen LogP contribution in [0.15, 0.2) is 0 Å². The van der Waals surface area contributed by atoms with Crippen LogP contribution in [0.2, 0.25) is 0 Å². The molecule has 0 heterocycles. The predicted molar refractivity (Wildman–Crippen MR) is 103 cm³/mol. The number of rotatable bonds is 14. The average Bonchev–Trinajstić information content (AvgIpc) is 2.69. The molecule has 0 rings (SSSR count). The Morgan fingerprint density at radius 1 is 0.903 bits per heavy atom. The minimum atomic E-state index is -1.65. The zero-order chi connectivity index (χ0) is 23.8. The molecule has 0 aliphatic rings. The van der Waals surface area contributed by atoms with Gasteiger partial charge in [-0.2, -0.15) is 0 Å². The van der Waals surface area contributed by atoms with Crippen molar-refractivity contribution in [2.45, 2.75) is 44.7 Å². The number of ether oxygens (including phenoxy) is 2. The lowest BCUT2D eigenvalue weighted by atomic mass is 10.1. The largest absolute Gasteiger partial charge is 0.481 e. The second-order valence-corrected chi connectivity index (χ2v) is 6.11. The fourth-order valence-corrected chi connectivity index (χ4v) is 2.23. The number of unbranched alkanes of at least 4 members (excludes halogenated alkanes) is 1. The van der Waals surface area contributed by atoms with E-state index in [1.807, 2.05) is 5.32 Å². The first-order valence-corrected chi connectivity index (χ1v) is 9.37. The van der Waals surface area contributed by atoms with Crippen molar-refractivity contribution in [3.63, 3.8) is 0 Å². The summed E-state index contributed by atoms with van der Waals surface area (Å²) in [5, 5.41) is 26.6. The maximum Gasteiger partial charge on any atom is 0.407 e. The third kappa shape index (κ3) is 13.3. The Morgan fingerprint density at radius 2 is 1.58 bits per heavy atom. The highest BCUT2D eigenvalue weighted by molar-refractivity contribution is 5.91. The SMILES string of the molecule is CCOC(=O)NC(CCCCNC(=O)OC)C(=O)NCC(=O)NC(CC(=O)O)C(=O)O. The van der Waals surface area contributed by atoms with Crippen LogP contribution in [0.3, 0.4) is 0 Å². The standard InChI is InChI=1S/C17H28N4O10/c1-3-31-17(29)21-10(6-4-5-7-18-16(28)30-2)14(25)19-9-12(22)20-11(15(26)27)8-13(23)24/h10-11H,3-9H2,1-2H3,(H,18,28)(H,19,25)(H,20,22)(H,21,29)(H,23,24)(H,26,27). The smallest absolute Gasteiger partial charge is 0.407 e. The van der Waals surface area contributed by atoms with E-state index in [1.165, 1.54) is 7.11 Å². The number of aliphatic carboxylic acids is 2. The lowest BCUT2D eigenvalue weighted by Gasteiger charge is -2.18. The molecule has 0 fully saturated rings. The van der Waals surface area contributed by atoms with Crippen molar-refractivity contribution in [3.8, 4) is 0 Å². The third-order valence-electron chi connectivity index (χ3n) is 3.69. The van der Waals surface area contributed by atoms with Gasteiger partial charge in [0.25, 0.3) is 0 Å². The van der Waals surface area contributed by atoms with Gasteiger partial charge in [0.1, 0.15) is 12.1 Å². The maximum atomic E-state index is 12.3. The van der Waals surface area contributed by atoms with E-state index >= 15 is 0 Å². The normalized spacial score (nSPS) is 11.9. The van der Waals surface area contributed by atoms with Crippen LogP contribution in [0, 0.1) is 0 Å². The number of methoxy groups -OCH3 is 1. The molecule has 2 atom stereocenters. The number of carboxylic acid groups (broad SMARTS) is 2. The van der Waals surface area contributed by atoms with Crippen molar-refractivity contribution >= 4 is 35.9 Å². The number of carbonyl (C=O) groups is 6. The van der Waals surface area contributed by atoms with Crippen molar-refractivity contribution in [3.05, 3.63) is 0 Å². The highest BCUT2D eigenvalue weighted by Crippen LogP contribution is 2.02. The summed E-state index contributed by atoms with van der Waals surface area (Å²) < 4.78 is 9.15. The first-order chi connectivity index (χ1) is 14.6. The van der Waals surface area contributed by atoms with Crippen LogP contribution in [0.1, 0.15) is 32.6 Å². The molecule has 0 aromatic carbocycles. The summed E-state index contributed by atoms with van der Waals surface area (Å²) in [4.78, 5) is 68.4. The van der Waals surface area contributed by atoms with Gasteiger partial charge in [-0.05, 0) is 26.2 Å². The van der Waals surface area contributed by atoms with Gasteiger partial charge in [0, 0.05) is 6.54 Å². The lowest BCUT2D eigenvalue weighted by molar-refractivity contribution is -0.147. The van der Waals surface area contributed by atoms with Gasteiger partial charge in [0.15, 0.2) is 0 Å². The molecule has 4 amide bonds. The van der Waals surface area contributed by atoms with Crippen LogP contribution in [-0.4, -0.2) is 85.0 Å². The Bertz CT molecular complexity index is 655. The predicted octanol–water partition coefficient (Wildman–Crippen LogP) is -1.21. The Hall–Kier alpha value is -3.58. The van der Waals surface area contributed by atoms with Crippen molar-refractivity contribution in [2.75, 3.05) is 26.8 Å². The van der Waals surface area contributed by atoms with Gasteiger partial charge < -0.3 is 41.0 Å². The van der Waals surface area contributed by atoms with E-state index in [0.717, 1.165) is 0 Å². The molecule has 0 radical (unpaired) electrons. The molecule has 0 spiro atoms. The number of hydrogen-bond donors (Lipinski definition) is 6. The zero-order valence-corrected chi connectivity index (χ0v) is 17.3. The first-order valence-electron chi connectivity index (χ1n) is 9.37. The summed E-state index contributed by atoms with van der Waals surface area (Å²) in [6.45, 7) is 1.30. The lowest BCUT2D eigenvalue weighted by Crippen LogP contribution is -2.51. The van der Waals surface area contributed by atoms with Crippen LogP contribution in [0.5, 0.6) is 0 Å². The zero-order valence-electron chi connectivity index (χ0n) is 17.3. The summed E-state index contributed by atoms with van der Waals surface area (Å²) in [5.74, 6) is -4.60. The highest BCUT2D eigenvalue weighted by Gasteiger charge is 2.25. The number of carbonyl (C=O) groups excluding carboxylic acids is 4. The number of alkyl carbamates (subject to hydrolysis) is 2. The Balaban J connectivity index is 4.70. The average molecular weight is 448 g/mol. The van der Waals surface area contributed by atoms with E-state index < -0.39 is 61.0 Å². The highest BCUT2D eigenvalue weighted by atomic mass is 16.5. The van der Waals surface area contributed by atoms with Crippen molar-refractivity contribution in [1.82, 2.24) is 21.3 Å². The van der Waals surface area contributed by atoms with Gasteiger partial charge in [0.05, 0.1) is 26.7 Å². The molecule has 0 aliphatic carbocycles. The van der Waals surface area contributed by atoms with Gasteiger partial charge >= 0.3 is 24.1 Å². The van der Waals surface area contributed by atoms with E-state index in [1.54, 1.807) is 6.92 Å². The molecule has 176 valence electrons. The van der Waals surface area contributed by atoms with Gasteiger partial charge in [-0.15, -0.1) is 0 Å². The van der Waals surface area contributed by atoms with Gasteiger partial charge in [0.2, 0.25) is 11.8 Å². The molecule has 14 nitrogen and oxygen atoms in total. The quantitative estimate of drug-likeness (QED) is 0.175. The summed E-state index contributed by atoms with van der Waals surface area (Å²) in [5.41, 5.74) is 0. The monoisotopic (exact) mass is 448 g/mol. The second kappa shape index (κ2) is 15.3. The topological polar surface area (TPSA) is 209 Å². The van der Waals surface area contributed by atoms with Crippen LogP contribution < -0.4 is 21.3 Å². The fourth-order valence-electron chi connectivity index (χ4n) is 2.23. The molecule has 2 unspecified atom stereocenters. The molecule has 31 heavy (non-hydrogen) atoms. The molecule has 0 bridgehead atoms. The second-order valence-electron chi connectivity index (χ2n) is 6.11. The van der Waals surface area contributed by atoms with E-state index in [-0.39, 0.29) is 19.6 Å². The van der Waals surface area contributed by atoms with Crippen molar-refractivity contribution in [1.29, 1.82) is 0 Å². The van der Waals surface area contributed by atoms with Crippen molar-refractivity contribution < 1.29 is 48.5 Å². The van der Waals surface area contributed by atoms with Crippen LogP contribution >= 0.6 is 0 Å². The summed E-state index contributed by atoms with van der Waals surface area (Å²) in [6, 6.07) is -2.71. The van der Waals surface area contributed by atoms with E-state index in [0.29, 0.717) is 12.8 Å². The Kier molecular flexibility index (Phi) is 13.5.